The minimum Gasteiger partial charge on any atom is -0.497 e. The van der Waals surface area contributed by atoms with Gasteiger partial charge in [-0.15, -0.1) is 6.07 Å². The van der Waals surface area contributed by atoms with Crippen molar-refractivity contribution in [2.45, 2.75) is 0 Å². The average molecular weight is 946 g/mol. The summed E-state index contributed by atoms with van der Waals surface area (Å²) in [5.41, 5.74) is 9.88. The number of aromatic nitrogens is 2. The standard InChI is InChI=1S/C41H27N2O.2C8H11P.Pd/c1-44-31-21-19-30-16-10-18-35(37(30)25-31)39-32-17-9-8-15-29(32)20-22-36(39)38-26-42-40-33(27-11-4-2-5-12-27)23-24-34(41(40)43-38)28-13-6-3-7-14-28;2*1-9(2)8-6-4-3-5-7-8;/h2-25H,1H3;2*3-7H,1-2H3;/q-1;;;. The molecule has 10 rings (SSSR count). The van der Waals surface area contributed by atoms with Gasteiger partial charge >= 0.3 is 0 Å². The Morgan fingerprint density at radius 3 is 1.46 bits per heavy atom. The van der Waals surface area contributed by atoms with Crippen molar-refractivity contribution >= 4 is 59.0 Å². The van der Waals surface area contributed by atoms with Crippen LogP contribution < -0.4 is 15.3 Å². The molecule has 0 amide bonds. The summed E-state index contributed by atoms with van der Waals surface area (Å²) >= 11 is 0. The molecule has 9 aromatic carbocycles. The third kappa shape index (κ3) is 10.5. The normalized spacial score (nSPS) is 10.8. The molecule has 6 heteroatoms. The Hall–Kier alpha value is -5.84. The van der Waals surface area contributed by atoms with E-state index in [0.29, 0.717) is 5.69 Å². The summed E-state index contributed by atoms with van der Waals surface area (Å²) in [4.78, 5) is 10.4. The largest absolute Gasteiger partial charge is 0.497 e. The molecule has 0 spiro atoms. The van der Waals surface area contributed by atoms with Crippen molar-refractivity contribution in [3.05, 3.63) is 212 Å². The Balaban J connectivity index is 0.000000260. The van der Waals surface area contributed by atoms with Crippen LogP contribution in [-0.4, -0.2) is 43.7 Å². The monoisotopic (exact) mass is 945 g/mol. The first-order chi connectivity index (χ1) is 30.4. The quantitative estimate of drug-likeness (QED) is 0.0907. The fourth-order valence-electron chi connectivity index (χ4n) is 7.68. The van der Waals surface area contributed by atoms with E-state index in [-0.39, 0.29) is 36.3 Å². The van der Waals surface area contributed by atoms with Crippen molar-refractivity contribution in [3.63, 3.8) is 0 Å². The number of hydrogen-bond acceptors (Lipinski definition) is 3. The Morgan fingerprint density at radius 2 is 0.905 bits per heavy atom. The third-order valence-electron chi connectivity index (χ3n) is 10.9. The Bertz CT molecular complexity index is 3010. The fraction of sp³-hybridized carbons (Fsp3) is 0.0877. The summed E-state index contributed by atoms with van der Waals surface area (Å²) < 4.78 is 5.64. The molecular formula is C57H49N2OP2Pd-. The molecule has 10 aromatic rings. The van der Waals surface area contributed by atoms with Gasteiger partial charge in [0.2, 0.25) is 0 Å². The van der Waals surface area contributed by atoms with Crippen LogP contribution in [0.5, 0.6) is 5.75 Å². The molecule has 0 N–H and O–H groups in total. The van der Waals surface area contributed by atoms with Gasteiger partial charge < -0.3 is 9.72 Å². The van der Waals surface area contributed by atoms with E-state index < -0.39 is 0 Å². The zero-order valence-electron chi connectivity index (χ0n) is 36.1. The van der Waals surface area contributed by atoms with E-state index in [0.717, 1.165) is 77.3 Å². The molecule has 0 fully saturated rings. The van der Waals surface area contributed by atoms with Crippen LogP contribution in [0.15, 0.2) is 206 Å². The van der Waals surface area contributed by atoms with E-state index >= 15 is 0 Å². The maximum Gasteiger partial charge on any atom is 0.119 e. The number of benzene rings is 9. The van der Waals surface area contributed by atoms with E-state index in [9.17, 15) is 0 Å². The number of nitrogens with zero attached hydrogens (tertiary/aromatic N) is 2. The van der Waals surface area contributed by atoms with Crippen LogP contribution >= 0.6 is 15.8 Å². The molecule has 0 aliphatic rings. The van der Waals surface area contributed by atoms with E-state index in [1.807, 2.05) is 18.2 Å². The molecule has 0 radical (unpaired) electrons. The van der Waals surface area contributed by atoms with Gasteiger partial charge in [0.1, 0.15) is 5.75 Å². The fourth-order valence-corrected chi connectivity index (χ4v) is 9.22. The Morgan fingerprint density at radius 1 is 0.429 bits per heavy atom. The van der Waals surface area contributed by atoms with E-state index in [1.165, 1.54) is 10.6 Å². The first-order valence-corrected chi connectivity index (χ1v) is 25.2. The first-order valence-electron chi connectivity index (χ1n) is 20.8. The van der Waals surface area contributed by atoms with Gasteiger partial charge in [-0.25, -0.2) is 0 Å². The predicted octanol–water partition coefficient (Wildman–Crippen LogP) is 14.5. The van der Waals surface area contributed by atoms with Crippen molar-refractivity contribution in [2.75, 3.05) is 33.8 Å². The molecular weight excluding hydrogens is 897 g/mol. The molecule has 0 atom stereocenters. The van der Waals surface area contributed by atoms with Crippen molar-refractivity contribution in [1.29, 1.82) is 0 Å². The SMILES string of the molecule is COc1ccc2cccc(-c3c(-c4[c-]nc5c(-c6ccccc6)ccc(-c6ccccc6)c5n4)ccc4ccccc34)c2c1.CP(C)c1ccccc1.CP(C)c1ccccc1.[Pd]. The van der Waals surface area contributed by atoms with Crippen LogP contribution in [-0.2, 0) is 20.4 Å². The molecule has 1 heterocycles. The van der Waals surface area contributed by atoms with Crippen molar-refractivity contribution < 1.29 is 25.2 Å². The maximum absolute atomic E-state index is 5.64. The zero-order valence-corrected chi connectivity index (χ0v) is 39.5. The van der Waals surface area contributed by atoms with Gasteiger partial charge in [0.25, 0.3) is 0 Å². The zero-order chi connectivity index (χ0) is 42.8. The second-order valence-electron chi connectivity index (χ2n) is 15.3. The van der Waals surface area contributed by atoms with Crippen LogP contribution in [0.2, 0.25) is 0 Å². The topological polar surface area (TPSA) is 35.0 Å². The summed E-state index contributed by atoms with van der Waals surface area (Å²) in [5, 5.41) is 7.54. The molecule has 1 aromatic heterocycles. The van der Waals surface area contributed by atoms with Gasteiger partial charge in [-0.05, 0) is 110 Å². The van der Waals surface area contributed by atoms with E-state index in [4.69, 9.17) is 14.7 Å². The van der Waals surface area contributed by atoms with Gasteiger partial charge in [-0.2, -0.15) is 0 Å². The van der Waals surface area contributed by atoms with Gasteiger partial charge in [-0.3, -0.25) is 4.98 Å². The first kappa shape index (κ1) is 45.2. The van der Waals surface area contributed by atoms with Gasteiger partial charge in [0, 0.05) is 25.9 Å². The number of hydrogen-bond donors (Lipinski definition) is 0. The van der Waals surface area contributed by atoms with Crippen LogP contribution in [0, 0.1) is 6.20 Å². The molecule has 0 aliphatic carbocycles. The minimum absolute atomic E-state index is 0. The summed E-state index contributed by atoms with van der Waals surface area (Å²) in [5.74, 6) is 0.824. The third-order valence-corrected chi connectivity index (χ3v) is 13.6. The molecule has 0 aliphatic heterocycles. The molecule has 0 saturated heterocycles. The van der Waals surface area contributed by atoms with E-state index in [1.54, 1.807) is 7.11 Å². The molecule has 0 bridgehead atoms. The summed E-state index contributed by atoms with van der Waals surface area (Å²) in [6, 6.07) is 71.8. The Kier molecular flexibility index (Phi) is 15.4. The average Bonchev–Trinajstić information content (AvgIpc) is 3.34. The van der Waals surface area contributed by atoms with Crippen LogP contribution in [0.1, 0.15) is 0 Å². The molecule has 314 valence electrons. The van der Waals surface area contributed by atoms with Crippen LogP contribution in [0.25, 0.3) is 77.2 Å². The summed E-state index contributed by atoms with van der Waals surface area (Å²) in [6.45, 7) is 9.07. The molecule has 63 heavy (non-hydrogen) atoms. The number of fused-ring (bicyclic) bond motifs is 3. The Labute approximate surface area is 388 Å². The summed E-state index contributed by atoms with van der Waals surface area (Å²) in [7, 11) is 1.92. The van der Waals surface area contributed by atoms with Gasteiger partial charge in [0.05, 0.1) is 7.11 Å². The molecule has 3 nitrogen and oxygen atoms in total. The predicted molar refractivity (Wildman–Crippen MR) is 271 cm³/mol. The van der Waals surface area contributed by atoms with Crippen molar-refractivity contribution in [3.8, 4) is 50.4 Å². The number of ether oxygens (including phenoxy) is 1. The maximum atomic E-state index is 5.64. The van der Waals surface area contributed by atoms with Gasteiger partial charge in [-0.1, -0.05) is 221 Å². The van der Waals surface area contributed by atoms with Crippen LogP contribution in [0.4, 0.5) is 0 Å². The summed E-state index contributed by atoms with van der Waals surface area (Å²) in [6.07, 6.45) is 3.38. The second kappa shape index (κ2) is 21.5. The second-order valence-corrected chi connectivity index (χ2v) is 19.9. The van der Waals surface area contributed by atoms with E-state index in [2.05, 4.69) is 221 Å². The number of methoxy groups -OCH3 is 1. The van der Waals surface area contributed by atoms with Crippen LogP contribution in [0.3, 0.4) is 0 Å². The minimum atomic E-state index is 0. The molecule has 0 saturated carbocycles. The van der Waals surface area contributed by atoms with Crippen molar-refractivity contribution in [2.24, 2.45) is 0 Å². The van der Waals surface area contributed by atoms with Gasteiger partial charge in [0.15, 0.2) is 0 Å². The smallest absolute Gasteiger partial charge is 0.119 e. The molecule has 0 unspecified atom stereocenters. The number of rotatable bonds is 7. The van der Waals surface area contributed by atoms with Crippen molar-refractivity contribution in [1.82, 2.24) is 9.97 Å².